The van der Waals surface area contributed by atoms with Crippen LogP contribution in [0.2, 0.25) is 0 Å². The van der Waals surface area contributed by atoms with Gasteiger partial charge in [-0.05, 0) is 61.8 Å². The molecule has 2 saturated carbocycles. The zero-order valence-electron chi connectivity index (χ0n) is 19.4. The smallest absolute Gasteiger partial charge is 0.347 e. The third-order valence-corrected chi connectivity index (χ3v) is 8.10. The monoisotopic (exact) mass is 543 g/mol. The number of hydrogen-bond donors (Lipinski definition) is 1. The van der Waals surface area contributed by atoms with E-state index < -0.39 is 57.1 Å². The molecule has 0 spiro atoms. The topological polar surface area (TPSA) is 96.4 Å². The Labute approximate surface area is 209 Å². The van der Waals surface area contributed by atoms with Crippen LogP contribution in [0.5, 0.6) is 0 Å². The summed E-state index contributed by atoms with van der Waals surface area (Å²) >= 11 is 0. The first-order valence-corrected chi connectivity index (χ1v) is 13.5. The first-order chi connectivity index (χ1) is 17.3. The maximum atomic E-state index is 14.7. The fourth-order valence-corrected chi connectivity index (χ4v) is 5.62. The van der Waals surface area contributed by atoms with Crippen LogP contribution in [0.1, 0.15) is 53.2 Å². The Morgan fingerprint density at radius 3 is 2.43 bits per heavy atom. The third kappa shape index (κ3) is 4.92. The number of alkyl halides is 3. The molecular weight excluding hydrogens is 521 g/mol. The van der Waals surface area contributed by atoms with E-state index in [4.69, 9.17) is 0 Å². The molecule has 1 aliphatic heterocycles. The number of likely N-dealkylation sites (tertiary alicyclic amines) is 1. The van der Waals surface area contributed by atoms with Crippen LogP contribution in [0.25, 0.3) is 0 Å². The molecule has 2 heterocycles. The van der Waals surface area contributed by atoms with Crippen molar-refractivity contribution in [1.29, 1.82) is 0 Å². The van der Waals surface area contributed by atoms with Gasteiger partial charge < -0.3 is 10.2 Å². The van der Waals surface area contributed by atoms with Crippen molar-refractivity contribution in [3.05, 3.63) is 58.8 Å². The van der Waals surface area contributed by atoms with Crippen LogP contribution >= 0.6 is 0 Å². The van der Waals surface area contributed by atoms with Gasteiger partial charge in [0.15, 0.2) is 14.9 Å². The lowest BCUT2D eigenvalue weighted by molar-refractivity contribution is -0.140. The van der Waals surface area contributed by atoms with E-state index in [-0.39, 0.29) is 40.1 Å². The van der Waals surface area contributed by atoms with Crippen molar-refractivity contribution in [2.45, 2.75) is 55.0 Å². The zero-order valence-corrected chi connectivity index (χ0v) is 20.2. The number of carbonyl (C=O) groups excluding carboxylic acids is 2. The summed E-state index contributed by atoms with van der Waals surface area (Å²) in [5.74, 6) is -4.33. The molecule has 2 amide bonds. The number of piperidine rings is 1. The summed E-state index contributed by atoms with van der Waals surface area (Å²) in [6, 6.07) is 0.809. The summed E-state index contributed by atoms with van der Waals surface area (Å²) in [5, 5.41) is 2.36. The minimum atomic E-state index is -5.07. The number of fused-ring (bicyclic) bond motifs is 1. The SMILES string of the molecule is CS(=O)(=O)c1cc(C(=O)N2[C@@H](C(=O)N[C@@H](c3cc(F)c(C(F)(F)F)cc3F)C3CC3)C[C@@H]3C[C@@H]32)ccn1. The van der Waals surface area contributed by atoms with Crippen molar-refractivity contribution in [2.24, 2.45) is 11.8 Å². The maximum Gasteiger partial charge on any atom is 0.419 e. The number of nitrogens with zero attached hydrogens (tertiary/aromatic N) is 2. The van der Waals surface area contributed by atoms with Gasteiger partial charge in [0.05, 0.1) is 11.6 Å². The second-order valence-electron chi connectivity index (χ2n) is 9.86. The molecule has 1 saturated heterocycles. The van der Waals surface area contributed by atoms with E-state index in [1.165, 1.54) is 17.2 Å². The molecule has 3 fully saturated rings. The molecule has 5 rings (SSSR count). The number of halogens is 5. The van der Waals surface area contributed by atoms with Crippen molar-refractivity contribution in [3.63, 3.8) is 0 Å². The summed E-state index contributed by atoms with van der Waals surface area (Å²) < 4.78 is 91.6. The Hall–Kier alpha value is -3.09. The van der Waals surface area contributed by atoms with Crippen molar-refractivity contribution in [1.82, 2.24) is 15.2 Å². The number of benzene rings is 1. The largest absolute Gasteiger partial charge is 0.419 e. The second kappa shape index (κ2) is 8.74. The van der Waals surface area contributed by atoms with Gasteiger partial charge in [0.2, 0.25) is 5.91 Å². The summed E-state index contributed by atoms with van der Waals surface area (Å²) in [6.07, 6.45) is -0.804. The summed E-state index contributed by atoms with van der Waals surface area (Å²) in [7, 11) is -3.68. The zero-order chi connectivity index (χ0) is 26.9. The van der Waals surface area contributed by atoms with Gasteiger partial charge in [0.1, 0.15) is 17.7 Å². The standard InChI is InChI=1S/C24H22F5N3O4S/c1-37(35,36)20-8-12(4-5-30-20)23(34)32-18-6-13(18)7-19(32)22(33)31-21(11-2-3-11)14-9-17(26)15(10-16(14)25)24(27,28)29/h4-5,8-11,13,18-19,21H,2-3,6-7H2,1H3,(H,31,33)/t13-,18-,19+,21+/m0/s1. The number of rotatable bonds is 6. The highest BCUT2D eigenvalue weighted by molar-refractivity contribution is 7.90. The van der Waals surface area contributed by atoms with Gasteiger partial charge in [-0.3, -0.25) is 9.59 Å². The average Bonchev–Trinajstić information content (AvgIpc) is 3.75. The van der Waals surface area contributed by atoms with Crippen LogP contribution in [0.15, 0.2) is 35.5 Å². The predicted octanol–water partition coefficient (Wildman–Crippen LogP) is 3.65. The van der Waals surface area contributed by atoms with Crippen LogP contribution in [0.4, 0.5) is 22.0 Å². The number of pyridine rings is 1. The van der Waals surface area contributed by atoms with Crippen LogP contribution < -0.4 is 5.32 Å². The van der Waals surface area contributed by atoms with E-state index in [2.05, 4.69) is 10.3 Å². The third-order valence-electron chi connectivity index (χ3n) is 7.12. The first-order valence-electron chi connectivity index (χ1n) is 11.6. The van der Waals surface area contributed by atoms with Gasteiger partial charge in [-0.1, -0.05) is 0 Å². The Bertz CT molecular complexity index is 1390. The molecule has 4 atom stereocenters. The molecular formula is C24H22F5N3O4S. The van der Waals surface area contributed by atoms with Crippen molar-refractivity contribution >= 4 is 21.7 Å². The number of aromatic nitrogens is 1. The van der Waals surface area contributed by atoms with E-state index >= 15 is 0 Å². The fourth-order valence-electron chi connectivity index (χ4n) is 5.02. The van der Waals surface area contributed by atoms with E-state index in [1.54, 1.807) is 0 Å². The molecule has 1 aromatic heterocycles. The molecule has 2 aliphatic carbocycles. The van der Waals surface area contributed by atoms with Gasteiger partial charge in [-0.15, -0.1) is 0 Å². The summed E-state index contributed by atoms with van der Waals surface area (Å²) in [6.45, 7) is 0. The van der Waals surface area contributed by atoms with Gasteiger partial charge in [0, 0.05) is 29.6 Å². The molecule has 37 heavy (non-hydrogen) atoms. The lowest BCUT2D eigenvalue weighted by Crippen LogP contribution is -2.49. The molecule has 0 unspecified atom stereocenters. The number of amides is 2. The molecule has 0 bridgehead atoms. The average molecular weight is 544 g/mol. The summed E-state index contributed by atoms with van der Waals surface area (Å²) in [5.41, 5.74) is -2.07. The highest BCUT2D eigenvalue weighted by atomic mass is 32.2. The molecule has 0 radical (unpaired) electrons. The number of hydrogen-bond acceptors (Lipinski definition) is 5. The highest BCUT2D eigenvalue weighted by Crippen LogP contribution is 2.49. The second-order valence-corrected chi connectivity index (χ2v) is 11.8. The van der Waals surface area contributed by atoms with Crippen LogP contribution in [-0.4, -0.2) is 48.5 Å². The number of sulfone groups is 1. The lowest BCUT2D eigenvalue weighted by atomic mass is 9.98. The van der Waals surface area contributed by atoms with E-state index in [0.717, 1.165) is 12.3 Å². The molecule has 3 aliphatic rings. The fraction of sp³-hybridized carbons (Fsp3) is 0.458. The first kappa shape index (κ1) is 25.6. The van der Waals surface area contributed by atoms with E-state index in [9.17, 15) is 40.0 Å². The van der Waals surface area contributed by atoms with Crippen LogP contribution in [0, 0.1) is 23.5 Å². The minimum absolute atomic E-state index is 0.0374. The minimum Gasteiger partial charge on any atom is -0.347 e. The molecule has 1 aromatic carbocycles. The number of carbonyl (C=O) groups is 2. The van der Waals surface area contributed by atoms with Crippen molar-refractivity contribution in [2.75, 3.05) is 6.26 Å². The van der Waals surface area contributed by atoms with Gasteiger partial charge >= 0.3 is 6.18 Å². The molecule has 1 N–H and O–H groups in total. The summed E-state index contributed by atoms with van der Waals surface area (Å²) in [4.78, 5) is 31.8. The van der Waals surface area contributed by atoms with Crippen LogP contribution in [0.3, 0.4) is 0 Å². The molecule has 198 valence electrons. The Balaban J connectivity index is 1.40. The van der Waals surface area contributed by atoms with Gasteiger partial charge in [0.25, 0.3) is 5.91 Å². The van der Waals surface area contributed by atoms with Crippen molar-refractivity contribution < 1.29 is 40.0 Å². The molecule has 13 heteroatoms. The Kier molecular flexibility index (Phi) is 6.04. The van der Waals surface area contributed by atoms with Crippen molar-refractivity contribution in [3.8, 4) is 0 Å². The highest BCUT2D eigenvalue weighted by Gasteiger charge is 2.56. The van der Waals surface area contributed by atoms with Gasteiger partial charge in [-0.25, -0.2) is 22.2 Å². The maximum absolute atomic E-state index is 14.7. The van der Waals surface area contributed by atoms with Gasteiger partial charge in [-0.2, -0.15) is 13.2 Å². The number of nitrogens with one attached hydrogen (secondary N) is 1. The quantitative estimate of drug-likeness (QED) is 0.562. The Morgan fingerprint density at radius 1 is 1.11 bits per heavy atom. The molecule has 2 aromatic rings. The normalized spacial score (nSPS) is 23.9. The lowest BCUT2D eigenvalue weighted by Gasteiger charge is -2.29. The van der Waals surface area contributed by atoms with E-state index in [0.29, 0.717) is 31.7 Å². The Morgan fingerprint density at radius 2 is 1.81 bits per heavy atom. The molecule has 7 nitrogen and oxygen atoms in total. The van der Waals surface area contributed by atoms with E-state index in [1.807, 2.05) is 0 Å². The predicted molar refractivity (Wildman–Crippen MR) is 119 cm³/mol. The van der Waals surface area contributed by atoms with Crippen LogP contribution in [-0.2, 0) is 20.8 Å².